The van der Waals surface area contributed by atoms with Gasteiger partial charge in [0.25, 0.3) is 5.91 Å². The summed E-state index contributed by atoms with van der Waals surface area (Å²) >= 11 is 3.26. The summed E-state index contributed by atoms with van der Waals surface area (Å²) in [6, 6.07) is 13.2. The third-order valence-electron chi connectivity index (χ3n) is 3.53. The first-order valence-corrected chi connectivity index (χ1v) is 8.50. The average Bonchev–Trinajstić information content (AvgIpc) is 3.11. The van der Waals surface area contributed by atoms with Crippen molar-refractivity contribution in [1.82, 2.24) is 5.32 Å². The van der Waals surface area contributed by atoms with E-state index in [0.717, 1.165) is 4.47 Å². The van der Waals surface area contributed by atoms with Gasteiger partial charge in [-0.1, -0.05) is 15.9 Å². The predicted molar refractivity (Wildman–Crippen MR) is 94.7 cm³/mol. The van der Waals surface area contributed by atoms with Gasteiger partial charge in [0.1, 0.15) is 29.8 Å². The molecule has 0 aliphatic carbocycles. The Morgan fingerprint density at radius 1 is 1.08 bits per heavy atom. The molecule has 0 saturated heterocycles. The zero-order chi connectivity index (χ0) is 18.5. The average molecular weight is 422 g/mol. The highest BCUT2D eigenvalue weighted by Crippen LogP contribution is 2.17. The zero-order valence-corrected chi connectivity index (χ0v) is 15.1. The topological polar surface area (TPSA) is 51.5 Å². The van der Waals surface area contributed by atoms with Gasteiger partial charge in [0, 0.05) is 16.6 Å². The van der Waals surface area contributed by atoms with Crippen LogP contribution < -0.4 is 10.1 Å². The molecule has 0 radical (unpaired) electrons. The number of carbonyl (C=O) groups excluding carboxylic acids is 1. The Bertz CT molecular complexity index is 909. The van der Waals surface area contributed by atoms with E-state index >= 15 is 0 Å². The van der Waals surface area contributed by atoms with Crippen molar-refractivity contribution in [2.45, 2.75) is 13.2 Å². The van der Waals surface area contributed by atoms with Crippen molar-refractivity contribution in [2.24, 2.45) is 0 Å². The molecule has 0 saturated carbocycles. The Kier molecular flexibility index (Phi) is 5.68. The van der Waals surface area contributed by atoms with Crippen LogP contribution in [0.15, 0.2) is 63.5 Å². The first-order valence-electron chi connectivity index (χ1n) is 7.70. The molecule has 1 aromatic heterocycles. The number of rotatable bonds is 6. The van der Waals surface area contributed by atoms with Gasteiger partial charge in [-0.2, -0.15) is 0 Å². The van der Waals surface area contributed by atoms with Crippen molar-refractivity contribution in [1.29, 1.82) is 0 Å². The summed E-state index contributed by atoms with van der Waals surface area (Å²) in [6.07, 6.45) is 0. The molecule has 1 heterocycles. The highest BCUT2D eigenvalue weighted by atomic mass is 79.9. The maximum absolute atomic E-state index is 13.7. The lowest BCUT2D eigenvalue weighted by Gasteiger charge is -2.06. The van der Waals surface area contributed by atoms with Crippen molar-refractivity contribution in [3.8, 4) is 5.75 Å². The minimum absolute atomic E-state index is 0.0339. The molecule has 0 bridgehead atoms. The lowest BCUT2D eigenvalue weighted by molar-refractivity contribution is 0.0918. The van der Waals surface area contributed by atoms with E-state index in [1.807, 2.05) is 0 Å². The third-order valence-corrected chi connectivity index (χ3v) is 4.02. The number of benzene rings is 2. The van der Waals surface area contributed by atoms with Gasteiger partial charge in [-0.3, -0.25) is 4.79 Å². The second-order valence-corrected chi connectivity index (χ2v) is 6.34. The molecule has 1 N–H and O–H groups in total. The maximum Gasteiger partial charge on any atom is 0.287 e. The number of halogens is 3. The molecule has 0 aliphatic heterocycles. The highest BCUT2D eigenvalue weighted by molar-refractivity contribution is 9.10. The van der Waals surface area contributed by atoms with Crippen LogP contribution in [0.5, 0.6) is 5.75 Å². The molecule has 26 heavy (non-hydrogen) atoms. The van der Waals surface area contributed by atoms with Crippen LogP contribution >= 0.6 is 15.9 Å². The van der Waals surface area contributed by atoms with Crippen LogP contribution in [-0.4, -0.2) is 5.91 Å². The molecule has 0 atom stereocenters. The smallest absolute Gasteiger partial charge is 0.287 e. The molecule has 7 heteroatoms. The van der Waals surface area contributed by atoms with Crippen LogP contribution in [0.1, 0.15) is 21.9 Å². The minimum atomic E-state index is -0.461. The van der Waals surface area contributed by atoms with Gasteiger partial charge >= 0.3 is 0 Å². The molecule has 3 rings (SSSR count). The first-order chi connectivity index (χ1) is 12.5. The summed E-state index contributed by atoms with van der Waals surface area (Å²) in [5.41, 5.74) is 0.360. The van der Waals surface area contributed by atoms with Crippen molar-refractivity contribution >= 4 is 21.8 Å². The molecular formula is C19H14BrF2NO3. The summed E-state index contributed by atoms with van der Waals surface area (Å²) in [5, 5.41) is 2.60. The largest absolute Gasteiger partial charge is 0.486 e. The van der Waals surface area contributed by atoms with E-state index in [0.29, 0.717) is 17.1 Å². The number of hydrogen-bond acceptors (Lipinski definition) is 3. The predicted octanol–water partition coefficient (Wildman–Crippen LogP) is 4.83. The number of carbonyl (C=O) groups is 1. The summed E-state index contributed by atoms with van der Waals surface area (Å²) in [4.78, 5) is 12.1. The van der Waals surface area contributed by atoms with Gasteiger partial charge in [-0.15, -0.1) is 0 Å². The van der Waals surface area contributed by atoms with Gasteiger partial charge in [-0.05, 0) is 54.6 Å². The van der Waals surface area contributed by atoms with Crippen LogP contribution in [0, 0.1) is 11.6 Å². The Hall–Kier alpha value is -2.67. The summed E-state index contributed by atoms with van der Waals surface area (Å²) in [5.74, 6) is -0.194. The van der Waals surface area contributed by atoms with Crippen molar-refractivity contribution in [3.05, 3.63) is 87.8 Å². The number of hydrogen-bond donors (Lipinski definition) is 1. The van der Waals surface area contributed by atoms with Gasteiger partial charge in [0.15, 0.2) is 5.76 Å². The van der Waals surface area contributed by atoms with E-state index < -0.39 is 11.7 Å². The molecule has 4 nitrogen and oxygen atoms in total. The lowest BCUT2D eigenvalue weighted by Crippen LogP contribution is -2.22. The van der Waals surface area contributed by atoms with Gasteiger partial charge in [0.05, 0.1) is 0 Å². The second kappa shape index (κ2) is 8.14. The number of amides is 1. The van der Waals surface area contributed by atoms with E-state index in [1.54, 1.807) is 18.2 Å². The fourth-order valence-electron chi connectivity index (χ4n) is 2.20. The van der Waals surface area contributed by atoms with Crippen molar-refractivity contribution in [3.63, 3.8) is 0 Å². The number of ether oxygens (including phenoxy) is 1. The normalized spacial score (nSPS) is 10.6. The van der Waals surface area contributed by atoms with Crippen LogP contribution in [0.3, 0.4) is 0 Å². The zero-order valence-electron chi connectivity index (χ0n) is 13.5. The summed E-state index contributed by atoms with van der Waals surface area (Å²) in [7, 11) is 0. The van der Waals surface area contributed by atoms with Crippen LogP contribution in [0.4, 0.5) is 8.78 Å². The Morgan fingerprint density at radius 3 is 2.62 bits per heavy atom. The van der Waals surface area contributed by atoms with Crippen molar-refractivity contribution in [2.75, 3.05) is 0 Å². The molecule has 1 amide bonds. The van der Waals surface area contributed by atoms with E-state index in [9.17, 15) is 13.6 Å². The third kappa shape index (κ3) is 4.70. The van der Waals surface area contributed by atoms with Crippen molar-refractivity contribution < 1.29 is 22.7 Å². The maximum atomic E-state index is 13.7. The number of furan rings is 1. The van der Waals surface area contributed by atoms with E-state index in [-0.39, 0.29) is 24.7 Å². The highest BCUT2D eigenvalue weighted by Gasteiger charge is 2.12. The Morgan fingerprint density at radius 2 is 1.85 bits per heavy atom. The molecule has 0 aliphatic rings. The summed E-state index contributed by atoms with van der Waals surface area (Å²) < 4.78 is 38.1. The van der Waals surface area contributed by atoms with Crippen LogP contribution in [0.25, 0.3) is 0 Å². The molecular weight excluding hydrogens is 408 g/mol. The molecule has 0 spiro atoms. The SMILES string of the molecule is O=C(NCc1cc(Br)ccc1F)c1ccc(COc2ccc(F)cc2)o1. The number of nitrogens with one attached hydrogen (secondary N) is 1. The lowest BCUT2D eigenvalue weighted by atomic mass is 10.2. The van der Waals surface area contributed by atoms with E-state index in [1.165, 1.54) is 36.4 Å². The molecule has 134 valence electrons. The van der Waals surface area contributed by atoms with Gasteiger partial charge in [-0.25, -0.2) is 8.78 Å². The van der Waals surface area contributed by atoms with E-state index in [4.69, 9.17) is 9.15 Å². The fraction of sp³-hybridized carbons (Fsp3) is 0.105. The standard InChI is InChI=1S/C19H14BrF2NO3/c20-13-1-7-17(22)12(9-13)10-23-19(24)18-8-6-16(26-18)11-25-15-4-2-14(21)3-5-15/h1-9H,10-11H2,(H,23,24). The summed E-state index contributed by atoms with van der Waals surface area (Å²) in [6.45, 7) is 0.130. The Balaban J connectivity index is 1.55. The van der Waals surface area contributed by atoms with Crippen LogP contribution in [0.2, 0.25) is 0 Å². The van der Waals surface area contributed by atoms with Gasteiger partial charge < -0.3 is 14.5 Å². The van der Waals surface area contributed by atoms with Crippen LogP contribution in [-0.2, 0) is 13.2 Å². The fourth-order valence-corrected chi connectivity index (χ4v) is 2.61. The van der Waals surface area contributed by atoms with Gasteiger partial charge in [0.2, 0.25) is 0 Å². The molecule has 0 unspecified atom stereocenters. The molecule has 2 aromatic carbocycles. The second-order valence-electron chi connectivity index (χ2n) is 5.43. The Labute approximate surface area is 156 Å². The quantitative estimate of drug-likeness (QED) is 0.619. The molecule has 0 fully saturated rings. The molecule has 3 aromatic rings. The minimum Gasteiger partial charge on any atom is -0.486 e. The van der Waals surface area contributed by atoms with E-state index in [2.05, 4.69) is 21.2 Å². The monoisotopic (exact) mass is 421 g/mol. The first kappa shape index (κ1) is 18.1.